The van der Waals surface area contributed by atoms with Gasteiger partial charge in [0.1, 0.15) is 5.75 Å². The Kier molecular flexibility index (Phi) is 8.20. The quantitative estimate of drug-likeness (QED) is 0.625. The molecule has 2 aromatic rings. The number of nitrogens with zero attached hydrogens (tertiary/aromatic N) is 1. The summed E-state index contributed by atoms with van der Waals surface area (Å²) in [5.74, 6) is 0.708. The third kappa shape index (κ3) is 6.39. The Bertz CT molecular complexity index is 889. The monoisotopic (exact) mass is 424 g/mol. The van der Waals surface area contributed by atoms with Crippen LogP contribution < -0.4 is 10.1 Å². The van der Waals surface area contributed by atoms with Crippen LogP contribution in [0.3, 0.4) is 0 Å². The second kappa shape index (κ2) is 11.1. The summed E-state index contributed by atoms with van der Waals surface area (Å²) >= 11 is 0. The minimum atomic E-state index is -0.106. The van der Waals surface area contributed by atoms with E-state index in [1.54, 1.807) is 7.11 Å². The lowest BCUT2D eigenvalue weighted by Gasteiger charge is -2.35. The van der Waals surface area contributed by atoms with E-state index in [2.05, 4.69) is 10.2 Å². The van der Waals surface area contributed by atoms with Crippen LogP contribution >= 0.6 is 0 Å². The van der Waals surface area contributed by atoms with Gasteiger partial charge in [-0.25, -0.2) is 0 Å². The van der Waals surface area contributed by atoms with Crippen molar-refractivity contribution < 1.29 is 19.1 Å². The number of hydrogen-bond donors (Lipinski definition) is 1. The molecule has 1 atom stereocenters. The molecule has 1 heterocycles. The Morgan fingerprint density at radius 3 is 2.45 bits per heavy atom. The number of morpholine rings is 1. The van der Waals surface area contributed by atoms with E-state index in [0.29, 0.717) is 25.3 Å². The highest BCUT2D eigenvalue weighted by Crippen LogP contribution is 2.24. The maximum Gasteiger partial charge on any atom is 0.220 e. The standard InChI is InChI=1S/C25H32N2O4/c1-18-4-5-19(2)22(16-18)24(28)10-11-25(29)26-17-23(27-12-14-31-15-13-27)20-6-8-21(30-3)9-7-20/h4-9,16,23H,10-15,17H2,1-3H3,(H,26,29). The number of Topliss-reactive ketones (excluding diaryl/α,β-unsaturated/α-hetero) is 1. The summed E-state index contributed by atoms with van der Waals surface area (Å²) in [6, 6.07) is 13.8. The summed E-state index contributed by atoms with van der Waals surface area (Å²) in [4.78, 5) is 27.4. The molecule has 6 nitrogen and oxygen atoms in total. The van der Waals surface area contributed by atoms with Gasteiger partial charge in [0, 0.05) is 38.0 Å². The molecule has 1 saturated heterocycles. The zero-order chi connectivity index (χ0) is 22.2. The predicted molar refractivity (Wildman–Crippen MR) is 121 cm³/mol. The van der Waals surface area contributed by atoms with Crippen molar-refractivity contribution >= 4 is 11.7 Å². The number of methoxy groups -OCH3 is 1. The van der Waals surface area contributed by atoms with E-state index in [4.69, 9.17) is 9.47 Å². The summed E-state index contributed by atoms with van der Waals surface area (Å²) in [5, 5.41) is 3.04. The van der Waals surface area contributed by atoms with Gasteiger partial charge in [0.25, 0.3) is 0 Å². The Labute approximate surface area is 184 Å². The van der Waals surface area contributed by atoms with Gasteiger partial charge in [0.05, 0.1) is 26.4 Å². The summed E-state index contributed by atoms with van der Waals surface area (Å²) < 4.78 is 10.8. The second-order valence-electron chi connectivity index (χ2n) is 7.98. The lowest BCUT2D eigenvalue weighted by Crippen LogP contribution is -2.43. The van der Waals surface area contributed by atoms with E-state index >= 15 is 0 Å². The van der Waals surface area contributed by atoms with E-state index in [0.717, 1.165) is 35.5 Å². The normalized spacial score (nSPS) is 15.3. The molecule has 166 valence electrons. The number of ketones is 1. The summed E-state index contributed by atoms with van der Waals surface area (Å²) in [6.07, 6.45) is 0.394. The van der Waals surface area contributed by atoms with Gasteiger partial charge in [-0.3, -0.25) is 14.5 Å². The maximum atomic E-state index is 12.6. The van der Waals surface area contributed by atoms with E-state index in [1.165, 1.54) is 0 Å². The first-order valence-corrected chi connectivity index (χ1v) is 10.8. The molecule has 2 aromatic carbocycles. The van der Waals surface area contributed by atoms with Crippen LogP contribution in [0.1, 0.15) is 45.9 Å². The molecule has 0 aromatic heterocycles. The third-order valence-corrected chi connectivity index (χ3v) is 5.75. The molecule has 31 heavy (non-hydrogen) atoms. The topological polar surface area (TPSA) is 67.9 Å². The van der Waals surface area contributed by atoms with Gasteiger partial charge in [-0.05, 0) is 43.2 Å². The molecule has 0 aliphatic carbocycles. The summed E-state index contributed by atoms with van der Waals surface area (Å²) in [5.41, 5.74) is 3.82. The summed E-state index contributed by atoms with van der Waals surface area (Å²) in [7, 11) is 1.65. The van der Waals surface area contributed by atoms with Gasteiger partial charge in [-0.15, -0.1) is 0 Å². The molecule has 0 radical (unpaired) electrons. The average Bonchev–Trinajstić information content (AvgIpc) is 2.80. The molecule has 1 N–H and O–H groups in total. The number of amides is 1. The first-order valence-electron chi connectivity index (χ1n) is 10.8. The van der Waals surface area contributed by atoms with Crippen LogP contribution in [0.4, 0.5) is 0 Å². The third-order valence-electron chi connectivity index (χ3n) is 5.75. The second-order valence-corrected chi connectivity index (χ2v) is 7.98. The number of carbonyl (C=O) groups is 2. The zero-order valence-electron chi connectivity index (χ0n) is 18.6. The molecule has 0 bridgehead atoms. The SMILES string of the molecule is COc1ccc(C(CNC(=O)CCC(=O)c2cc(C)ccc2C)N2CCOCC2)cc1. The lowest BCUT2D eigenvalue weighted by molar-refractivity contribution is -0.121. The minimum Gasteiger partial charge on any atom is -0.497 e. The van der Waals surface area contributed by atoms with Gasteiger partial charge in [-0.2, -0.15) is 0 Å². The maximum absolute atomic E-state index is 12.6. The first kappa shape index (κ1) is 23.0. The number of benzene rings is 2. The molecule has 3 rings (SSSR count). The van der Waals surface area contributed by atoms with Crippen molar-refractivity contribution in [3.8, 4) is 5.75 Å². The van der Waals surface area contributed by atoms with Gasteiger partial charge >= 0.3 is 0 Å². The number of ether oxygens (including phenoxy) is 2. The van der Waals surface area contributed by atoms with Crippen molar-refractivity contribution in [3.05, 3.63) is 64.7 Å². The van der Waals surface area contributed by atoms with Crippen LogP contribution in [0, 0.1) is 13.8 Å². The largest absolute Gasteiger partial charge is 0.497 e. The van der Waals surface area contributed by atoms with Crippen molar-refractivity contribution in [1.29, 1.82) is 0 Å². The molecule has 1 aliphatic rings. The Morgan fingerprint density at radius 1 is 1.06 bits per heavy atom. The predicted octanol–water partition coefficient (Wildman–Crippen LogP) is 3.46. The fraction of sp³-hybridized carbons (Fsp3) is 0.440. The number of hydrogen-bond acceptors (Lipinski definition) is 5. The number of aryl methyl sites for hydroxylation is 2. The van der Waals surface area contributed by atoms with Crippen LogP contribution in [-0.4, -0.2) is 56.5 Å². The fourth-order valence-electron chi connectivity index (χ4n) is 3.87. The first-order chi connectivity index (χ1) is 15.0. The summed E-state index contributed by atoms with van der Waals surface area (Å²) in [6.45, 7) is 7.39. The van der Waals surface area contributed by atoms with Crippen molar-refractivity contribution in [2.75, 3.05) is 40.0 Å². The van der Waals surface area contributed by atoms with Crippen molar-refractivity contribution in [1.82, 2.24) is 10.2 Å². The molecule has 0 saturated carbocycles. The fourth-order valence-corrected chi connectivity index (χ4v) is 3.87. The average molecular weight is 425 g/mol. The van der Waals surface area contributed by atoms with Crippen molar-refractivity contribution in [2.45, 2.75) is 32.7 Å². The molecule has 1 fully saturated rings. The number of nitrogens with one attached hydrogen (secondary N) is 1. The smallest absolute Gasteiger partial charge is 0.220 e. The molecule has 0 spiro atoms. The molecule has 1 unspecified atom stereocenters. The Hall–Kier alpha value is -2.70. The van der Waals surface area contributed by atoms with Crippen LogP contribution in [0.25, 0.3) is 0 Å². The van der Waals surface area contributed by atoms with Crippen LogP contribution in [-0.2, 0) is 9.53 Å². The van der Waals surface area contributed by atoms with Gasteiger partial charge in [-0.1, -0.05) is 29.8 Å². The van der Waals surface area contributed by atoms with Crippen molar-refractivity contribution in [3.63, 3.8) is 0 Å². The lowest BCUT2D eigenvalue weighted by atomic mass is 9.99. The zero-order valence-corrected chi connectivity index (χ0v) is 18.6. The Balaban J connectivity index is 1.58. The molecule has 1 aliphatic heterocycles. The van der Waals surface area contributed by atoms with Crippen LogP contribution in [0.5, 0.6) is 5.75 Å². The van der Waals surface area contributed by atoms with E-state index in [-0.39, 0.29) is 30.6 Å². The number of rotatable bonds is 9. The number of carbonyl (C=O) groups excluding carboxylic acids is 2. The van der Waals surface area contributed by atoms with Gasteiger partial charge in [0.2, 0.25) is 5.91 Å². The van der Waals surface area contributed by atoms with Crippen LogP contribution in [0.15, 0.2) is 42.5 Å². The molecule has 6 heteroatoms. The molecular weight excluding hydrogens is 392 g/mol. The highest BCUT2D eigenvalue weighted by atomic mass is 16.5. The molecule has 1 amide bonds. The van der Waals surface area contributed by atoms with E-state index < -0.39 is 0 Å². The van der Waals surface area contributed by atoms with E-state index in [9.17, 15) is 9.59 Å². The van der Waals surface area contributed by atoms with E-state index in [1.807, 2.05) is 56.3 Å². The highest BCUT2D eigenvalue weighted by molar-refractivity contribution is 5.99. The Morgan fingerprint density at radius 2 is 1.77 bits per heavy atom. The van der Waals surface area contributed by atoms with Crippen molar-refractivity contribution in [2.24, 2.45) is 0 Å². The van der Waals surface area contributed by atoms with Gasteiger partial charge < -0.3 is 14.8 Å². The van der Waals surface area contributed by atoms with Crippen LogP contribution in [0.2, 0.25) is 0 Å². The van der Waals surface area contributed by atoms with Gasteiger partial charge in [0.15, 0.2) is 5.78 Å². The highest BCUT2D eigenvalue weighted by Gasteiger charge is 2.23. The minimum absolute atomic E-state index is 0.0104. The molecular formula is C25H32N2O4.